The van der Waals surface area contributed by atoms with Crippen molar-refractivity contribution in [3.8, 4) is 28.3 Å². The molecule has 1 aliphatic rings. The minimum atomic E-state index is -0.404. The van der Waals surface area contributed by atoms with Crippen molar-refractivity contribution < 1.29 is 13.9 Å². The van der Waals surface area contributed by atoms with Crippen LogP contribution in [0.2, 0.25) is 5.02 Å². The maximum atomic E-state index is 14.7. The maximum absolute atomic E-state index is 14.7. The van der Waals surface area contributed by atoms with Crippen molar-refractivity contribution in [2.75, 3.05) is 38.2 Å². The van der Waals surface area contributed by atoms with Gasteiger partial charge in [0, 0.05) is 54.1 Å². The molecule has 1 fully saturated rings. The largest absolute Gasteiger partial charge is 0.497 e. The predicted octanol–water partition coefficient (Wildman–Crippen LogP) is 5.83. The van der Waals surface area contributed by atoms with Gasteiger partial charge in [0.15, 0.2) is 5.65 Å². The number of carbonyl (C=O) groups is 1. The molecule has 1 aliphatic heterocycles. The summed E-state index contributed by atoms with van der Waals surface area (Å²) in [5.74, 6) is 0.218. The first-order valence-electron chi connectivity index (χ1n) is 12.6. The van der Waals surface area contributed by atoms with Crippen LogP contribution in [-0.2, 0) is 0 Å². The van der Waals surface area contributed by atoms with Gasteiger partial charge < -0.3 is 14.5 Å². The SMILES string of the molecule is COc1ccc(N2CCN(C(=O)c3cc(-c4ccccc4F)nc4cc(-c5ccc(Cl)cc5)nn34)CC2)cc1. The van der Waals surface area contributed by atoms with Crippen LogP contribution >= 0.6 is 11.6 Å². The summed E-state index contributed by atoms with van der Waals surface area (Å²) in [5.41, 5.74) is 4.05. The Hall–Kier alpha value is -4.43. The van der Waals surface area contributed by atoms with Crippen LogP contribution in [-0.4, -0.2) is 58.7 Å². The Bertz CT molecular complexity index is 1650. The van der Waals surface area contributed by atoms with Gasteiger partial charge in [0.25, 0.3) is 5.91 Å². The molecular weight excluding hydrogens is 517 g/mol. The molecule has 3 aromatic carbocycles. The second-order valence-electron chi connectivity index (χ2n) is 9.29. The first-order valence-corrected chi connectivity index (χ1v) is 13.0. The number of amides is 1. The Morgan fingerprint density at radius 1 is 0.897 bits per heavy atom. The highest BCUT2D eigenvalue weighted by Crippen LogP contribution is 2.27. The number of rotatable bonds is 5. The number of hydrogen-bond donors (Lipinski definition) is 0. The Morgan fingerprint density at radius 2 is 1.62 bits per heavy atom. The molecule has 0 aliphatic carbocycles. The minimum Gasteiger partial charge on any atom is -0.497 e. The lowest BCUT2D eigenvalue weighted by Gasteiger charge is -2.36. The summed E-state index contributed by atoms with van der Waals surface area (Å²) in [7, 11) is 1.64. The van der Waals surface area contributed by atoms with Crippen molar-refractivity contribution in [3.05, 3.63) is 101 Å². The van der Waals surface area contributed by atoms with Gasteiger partial charge in [-0.05, 0) is 54.6 Å². The molecule has 6 rings (SSSR count). The third kappa shape index (κ3) is 4.91. The van der Waals surface area contributed by atoms with Crippen LogP contribution in [0.25, 0.3) is 28.2 Å². The fourth-order valence-electron chi connectivity index (χ4n) is 4.82. The monoisotopic (exact) mass is 541 g/mol. The third-order valence-corrected chi connectivity index (χ3v) is 7.19. The first kappa shape index (κ1) is 24.9. The molecule has 39 heavy (non-hydrogen) atoms. The molecule has 3 heterocycles. The highest BCUT2D eigenvalue weighted by Gasteiger charge is 2.26. The van der Waals surface area contributed by atoms with Crippen LogP contribution in [0, 0.1) is 5.82 Å². The average Bonchev–Trinajstić information content (AvgIpc) is 3.41. The summed E-state index contributed by atoms with van der Waals surface area (Å²) >= 11 is 6.06. The molecule has 2 aromatic heterocycles. The number of anilines is 1. The summed E-state index contributed by atoms with van der Waals surface area (Å²) in [6.45, 7) is 2.44. The maximum Gasteiger partial charge on any atom is 0.272 e. The standard InChI is InChI=1S/C30H25ClFN5O2/c1-39-23-12-10-22(11-13-23)35-14-16-36(17-15-35)30(38)28-18-27(24-4-2-3-5-25(24)32)33-29-19-26(34-37(28)29)20-6-8-21(31)9-7-20/h2-13,18-19H,14-17H2,1H3. The van der Waals surface area contributed by atoms with E-state index >= 15 is 0 Å². The van der Waals surface area contributed by atoms with E-state index in [1.165, 1.54) is 6.07 Å². The minimum absolute atomic E-state index is 0.180. The molecule has 0 bridgehead atoms. The fourth-order valence-corrected chi connectivity index (χ4v) is 4.94. The van der Waals surface area contributed by atoms with E-state index in [9.17, 15) is 9.18 Å². The molecule has 196 valence electrons. The van der Waals surface area contributed by atoms with Crippen molar-refractivity contribution in [1.82, 2.24) is 19.5 Å². The summed E-state index contributed by atoms with van der Waals surface area (Å²) in [5, 5.41) is 5.33. The summed E-state index contributed by atoms with van der Waals surface area (Å²) < 4.78 is 21.5. The molecule has 0 saturated carbocycles. The molecule has 1 saturated heterocycles. The van der Waals surface area contributed by atoms with Gasteiger partial charge in [0.05, 0.1) is 18.5 Å². The van der Waals surface area contributed by atoms with Gasteiger partial charge in [0.1, 0.15) is 17.3 Å². The van der Waals surface area contributed by atoms with E-state index in [2.05, 4.69) is 9.88 Å². The van der Waals surface area contributed by atoms with Crippen LogP contribution in [0.15, 0.2) is 84.9 Å². The van der Waals surface area contributed by atoms with Crippen molar-refractivity contribution in [3.63, 3.8) is 0 Å². The zero-order valence-electron chi connectivity index (χ0n) is 21.2. The summed E-state index contributed by atoms with van der Waals surface area (Å²) in [4.78, 5) is 22.6. The van der Waals surface area contributed by atoms with Crippen molar-refractivity contribution in [2.24, 2.45) is 0 Å². The Balaban J connectivity index is 1.34. The summed E-state index contributed by atoms with van der Waals surface area (Å²) in [6.07, 6.45) is 0. The van der Waals surface area contributed by atoms with Gasteiger partial charge in [-0.3, -0.25) is 4.79 Å². The fraction of sp³-hybridized carbons (Fsp3) is 0.167. The lowest BCUT2D eigenvalue weighted by molar-refractivity contribution is 0.0738. The van der Waals surface area contributed by atoms with Gasteiger partial charge in [0.2, 0.25) is 0 Å². The normalized spacial score (nSPS) is 13.6. The van der Waals surface area contributed by atoms with Gasteiger partial charge >= 0.3 is 0 Å². The lowest BCUT2D eigenvalue weighted by Crippen LogP contribution is -2.49. The average molecular weight is 542 g/mol. The van der Waals surface area contributed by atoms with E-state index in [0.29, 0.717) is 59.5 Å². The number of aromatic nitrogens is 3. The quantitative estimate of drug-likeness (QED) is 0.280. The lowest BCUT2D eigenvalue weighted by atomic mass is 10.1. The molecule has 1 amide bonds. The van der Waals surface area contributed by atoms with Crippen molar-refractivity contribution in [1.29, 1.82) is 0 Å². The van der Waals surface area contributed by atoms with Crippen LogP contribution < -0.4 is 9.64 Å². The van der Waals surface area contributed by atoms with Gasteiger partial charge in [-0.25, -0.2) is 13.9 Å². The molecule has 0 atom stereocenters. The zero-order valence-corrected chi connectivity index (χ0v) is 22.0. The number of benzene rings is 3. The second-order valence-corrected chi connectivity index (χ2v) is 9.73. The van der Waals surface area contributed by atoms with E-state index in [4.69, 9.17) is 21.4 Å². The summed E-state index contributed by atoms with van der Waals surface area (Å²) in [6, 6.07) is 25.0. The van der Waals surface area contributed by atoms with Crippen LogP contribution in [0.4, 0.5) is 10.1 Å². The number of carbonyl (C=O) groups excluding carboxylic acids is 1. The molecule has 0 N–H and O–H groups in total. The first-order chi connectivity index (χ1) is 19.0. The molecule has 0 spiro atoms. The van der Waals surface area contributed by atoms with E-state index in [1.807, 2.05) is 41.3 Å². The number of ether oxygens (including phenoxy) is 1. The van der Waals surface area contributed by atoms with Crippen molar-refractivity contribution in [2.45, 2.75) is 0 Å². The Labute approximate surface area is 230 Å². The molecular formula is C30H25ClFN5O2. The van der Waals surface area contributed by atoms with Gasteiger partial charge in [-0.1, -0.05) is 35.9 Å². The highest BCUT2D eigenvalue weighted by molar-refractivity contribution is 6.30. The smallest absolute Gasteiger partial charge is 0.272 e. The van der Waals surface area contributed by atoms with E-state index < -0.39 is 5.82 Å². The molecule has 0 radical (unpaired) electrons. The third-order valence-electron chi connectivity index (χ3n) is 6.94. The molecule has 0 unspecified atom stereocenters. The van der Waals surface area contributed by atoms with E-state index in [1.54, 1.807) is 54.1 Å². The number of halogens is 2. The van der Waals surface area contributed by atoms with E-state index in [0.717, 1.165) is 17.0 Å². The second kappa shape index (κ2) is 10.4. The topological polar surface area (TPSA) is 63.0 Å². The highest BCUT2D eigenvalue weighted by atomic mass is 35.5. The number of fused-ring (bicyclic) bond motifs is 1. The van der Waals surface area contributed by atoms with Crippen molar-refractivity contribution >= 4 is 28.8 Å². The van der Waals surface area contributed by atoms with Crippen LogP contribution in [0.3, 0.4) is 0 Å². The Kier molecular flexibility index (Phi) is 6.62. The van der Waals surface area contributed by atoms with Gasteiger partial charge in [-0.15, -0.1) is 0 Å². The van der Waals surface area contributed by atoms with Crippen LogP contribution in [0.5, 0.6) is 5.75 Å². The predicted molar refractivity (Wildman–Crippen MR) is 150 cm³/mol. The van der Waals surface area contributed by atoms with Crippen LogP contribution in [0.1, 0.15) is 10.5 Å². The molecule has 5 aromatic rings. The van der Waals surface area contributed by atoms with E-state index in [-0.39, 0.29) is 5.91 Å². The van der Waals surface area contributed by atoms with Gasteiger partial charge in [-0.2, -0.15) is 5.10 Å². The number of nitrogens with zero attached hydrogens (tertiary/aromatic N) is 5. The molecule has 9 heteroatoms. The molecule has 7 nitrogen and oxygen atoms in total. The number of hydrogen-bond acceptors (Lipinski definition) is 5. The number of methoxy groups -OCH3 is 1. The zero-order chi connectivity index (χ0) is 26.9. The number of piperazine rings is 1. The Morgan fingerprint density at radius 3 is 2.31 bits per heavy atom.